The van der Waals surface area contributed by atoms with Crippen LogP contribution >= 0.6 is 0 Å². The van der Waals surface area contributed by atoms with Gasteiger partial charge in [0.05, 0.1) is 31.8 Å². The molecule has 0 unspecified atom stereocenters. The summed E-state index contributed by atoms with van der Waals surface area (Å²) in [6.07, 6.45) is -0.386. The molecule has 1 heterocycles. The van der Waals surface area contributed by atoms with E-state index in [1.807, 2.05) is 0 Å². The number of carbonyl (C=O) groups is 2. The Bertz CT molecular complexity index is 829. The van der Waals surface area contributed by atoms with E-state index in [-0.39, 0.29) is 31.1 Å². The molecule has 1 saturated heterocycles. The van der Waals surface area contributed by atoms with E-state index in [0.29, 0.717) is 24.3 Å². The highest BCUT2D eigenvalue weighted by atomic mass is 32.2. The predicted molar refractivity (Wildman–Crippen MR) is 104 cm³/mol. The minimum Gasteiger partial charge on any atom is -0.496 e. The molecule has 1 fully saturated rings. The van der Waals surface area contributed by atoms with Crippen LogP contribution in [0.1, 0.15) is 12.0 Å². The molecule has 2 N–H and O–H groups in total. The zero-order valence-corrected chi connectivity index (χ0v) is 17.6. The SMILES string of the molecule is COCCNC(=O)C(=O)NC[C@@H]1OCCCN1S(=O)(=O)c1ccc(OC)c(C)c1. The van der Waals surface area contributed by atoms with Crippen LogP contribution in [0.4, 0.5) is 0 Å². The smallest absolute Gasteiger partial charge is 0.309 e. The van der Waals surface area contributed by atoms with Gasteiger partial charge in [0.25, 0.3) is 0 Å². The number of ether oxygens (including phenoxy) is 3. The van der Waals surface area contributed by atoms with E-state index in [0.717, 1.165) is 0 Å². The van der Waals surface area contributed by atoms with Gasteiger partial charge in [-0.05, 0) is 37.1 Å². The summed E-state index contributed by atoms with van der Waals surface area (Å²) in [5.41, 5.74) is 0.684. The molecule has 0 bridgehead atoms. The summed E-state index contributed by atoms with van der Waals surface area (Å²) in [6, 6.07) is 4.59. The van der Waals surface area contributed by atoms with Gasteiger partial charge in [-0.15, -0.1) is 0 Å². The average molecular weight is 429 g/mol. The van der Waals surface area contributed by atoms with Gasteiger partial charge in [0, 0.05) is 20.2 Å². The number of sulfonamides is 1. The van der Waals surface area contributed by atoms with Crippen LogP contribution in [0.25, 0.3) is 0 Å². The molecule has 0 aromatic heterocycles. The molecule has 10 nitrogen and oxygen atoms in total. The molecular weight excluding hydrogens is 402 g/mol. The highest BCUT2D eigenvalue weighted by Gasteiger charge is 2.35. The summed E-state index contributed by atoms with van der Waals surface area (Å²) < 4.78 is 42.9. The quantitative estimate of drug-likeness (QED) is 0.426. The van der Waals surface area contributed by atoms with Crippen LogP contribution in [0.15, 0.2) is 23.1 Å². The Morgan fingerprint density at radius 1 is 1.24 bits per heavy atom. The normalized spacial score (nSPS) is 17.6. The van der Waals surface area contributed by atoms with Gasteiger partial charge in [-0.1, -0.05) is 0 Å². The summed E-state index contributed by atoms with van der Waals surface area (Å²) in [4.78, 5) is 23.8. The standard InChI is InChI=1S/C18H27N3O7S/c1-13-11-14(5-6-15(13)27-3)29(24,25)21-8-4-9-28-16(21)12-20-18(23)17(22)19-7-10-26-2/h5-6,11,16H,4,7-10,12H2,1-3H3,(H,19,22)(H,20,23)/t16-/m0/s1. The maximum Gasteiger partial charge on any atom is 0.309 e. The lowest BCUT2D eigenvalue weighted by atomic mass is 10.2. The van der Waals surface area contributed by atoms with Crippen LogP contribution in [0.5, 0.6) is 5.75 Å². The third-order valence-corrected chi connectivity index (χ3v) is 6.25. The van der Waals surface area contributed by atoms with Gasteiger partial charge in [0.1, 0.15) is 12.0 Å². The maximum absolute atomic E-state index is 13.1. The number of rotatable bonds is 8. The Kier molecular flexibility index (Phi) is 8.38. The Hall–Kier alpha value is -2.21. The van der Waals surface area contributed by atoms with Crippen molar-refractivity contribution < 1.29 is 32.2 Å². The average Bonchev–Trinajstić information content (AvgIpc) is 2.72. The molecule has 11 heteroatoms. The minimum absolute atomic E-state index is 0.106. The van der Waals surface area contributed by atoms with E-state index in [4.69, 9.17) is 14.2 Å². The summed E-state index contributed by atoms with van der Waals surface area (Å²) in [7, 11) is -0.869. The van der Waals surface area contributed by atoms with Crippen molar-refractivity contribution in [2.75, 3.05) is 47.1 Å². The summed E-state index contributed by atoms with van der Waals surface area (Å²) in [5, 5.41) is 4.81. The minimum atomic E-state index is -3.86. The predicted octanol–water partition coefficient (Wildman–Crippen LogP) is -0.380. The van der Waals surface area contributed by atoms with E-state index in [2.05, 4.69) is 10.6 Å². The van der Waals surface area contributed by atoms with Crippen molar-refractivity contribution in [3.05, 3.63) is 23.8 Å². The van der Waals surface area contributed by atoms with Gasteiger partial charge in [-0.3, -0.25) is 9.59 Å². The molecule has 0 spiro atoms. The molecular formula is C18H27N3O7S. The fourth-order valence-electron chi connectivity index (χ4n) is 2.86. The van der Waals surface area contributed by atoms with E-state index >= 15 is 0 Å². The molecule has 1 aliphatic rings. The fraction of sp³-hybridized carbons (Fsp3) is 0.556. The Labute approximate surface area is 170 Å². The van der Waals surface area contributed by atoms with E-state index < -0.39 is 28.1 Å². The lowest BCUT2D eigenvalue weighted by Crippen LogP contribution is -2.53. The van der Waals surface area contributed by atoms with Crippen molar-refractivity contribution in [3.63, 3.8) is 0 Å². The molecule has 1 aromatic rings. The van der Waals surface area contributed by atoms with Crippen LogP contribution in [0.3, 0.4) is 0 Å². The molecule has 29 heavy (non-hydrogen) atoms. The summed E-state index contributed by atoms with van der Waals surface area (Å²) >= 11 is 0. The van der Waals surface area contributed by atoms with Crippen molar-refractivity contribution in [1.82, 2.24) is 14.9 Å². The van der Waals surface area contributed by atoms with Crippen molar-refractivity contribution >= 4 is 21.8 Å². The van der Waals surface area contributed by atoms with Crippen LogP contribution in [-0.4, -0.2) is 77.8 Å². The first kappa shape index (κ1) is 23.1. The number of methoxy groups -OCH3 is 2. The summed E-state index contributed by atoms with van der Waals surface area (Å²) in [5.74, 6) is -1.10. The first-order valence-corrected chi connectivity index (χ1v) is 10.6. The topological polar surface area (TPSA) is 123 Å². The molecule has 162 valence electrons. The second kappa shape index (κ2) is 10.5. The second-order valence-electron chi connectivity index (χ2n) is 6.38. The van der Waals surface area contributed by atoms with Crippen LogP contribution in [0, 0.1) is 6.92 Å². The van der Waals surface area contributed by atoms with E-state index in [1.54, 1.807) is 13.0 Å². The first-order chi connectivity index (χ1) is 13.8. The third kappa shape index (κ3) is 5.89. The Balaban J connectivity index is 2.07. The monoisotopic (exact) mass is 429 g/mol. The number of carbonyl (C=O) groups excluding carboxylic acids is 2. The van der Waals surface area contributed by atoms with E-state index in [9.17, 15) is 18.0 Å². The maximum atomic E-state index is 13.1. The number of nitrogens with zero attached hydrogens (tertiary/aromatic N) is 1. The Morgan fingerprint density at radius 2 is 1.97 bits per heavy atom. The number of hydrogen-bond acceptors (Lipinski definition) is 7. The number of hydrogen-bond donors (Lipinski definition) is 2. The summed E-state index contributed by atoms with van der Waals surface area (Å²) in [6.45, 7) is 2.68. The number of nitrogens with one attached hydrogen (secondary N) is 2. The zero-order chi connectivity index (χ0) is 21.4. The van der Waals surface area contributed by atoms with E-state index in [1.165, 1.54) is 30.7 Å². The zero-order valence-electron chi connectivity index (χ0n) is 16.8. The third-order valence-electron chi connectivity index (χ3n) is 4.36. The Morgan fingerprint density at radius 3 is 2.62 bits per heavy atom. The van der Waals surface area contributed by atoms with Gasteiger partial charge >= 0.3 is 11.8 Å². The van der Waals surface area contributed by atoms with Crippen molar-refractivity contribution in [2.45, 2.75) is 24.5 Å². The van der Waals surface area contributed by atoms with Crippen LogP contribution < -0.4 is 15.4 Å². The van der Waals surface area contributed by atoms with Gasteiger partial charge < -0.3 is 24.8 Å². The number of benzene rings is 1. The van der Waals surface area contributed by atoms with Crippen molar-refractivity contribution in [1.29, 1.82) is 0 Å². The van der Waals surface area contributed by atoms with Gasteiger partial charge in [-0.25, -0.2) is 8.42 Å². The molecule has 1 aliphatic heterocycles. The molecule has 2 rings (SSSR count). The molecule has 1 aromatic carbocycles. The van der Waals surface area contributed by atoms with Crippen molar-refractivity contribution in [2.24, 2.45) is 0 Å². The van der Waals surface area contributed by atoms with Gasteiger partial charge in [-0.2, -0.15) is 4.31 Å². The largest absolute Gasteiger partial charge is 0.496 e. The van der Waals surface area contributed by atoms with Crippen LogP contribution in [-0.2, 0) is 29.1 Å². The molecule has 0 radical (unpaired) electrons. The number of amides is 2. The highest BCUT2D eigenvalue weighted by molar-refractivity contribution is 7.89. The molecule has 0 saturated carbocycles. The lowest BCUT2D eigenvalue weighted by molar-refractivity contribution is -0.140. The number of aryl methyl sites for hydroxylation is 1. The molecule has 0 aliphatic carbocycles. The van der Waals surface area contributed by atoms with Gasteiger partial charge in [0.15, 0.2) is 0 Å². The van der Waals surface area contributed by atoms with Crippen LogP contribution in [0.2, 0.25) is 0 Å². The van der Waals surface area contributed by atoms with Gasteiger partial charge in [0.2, 0.25) is 10.0 Å². The second-order valence-corrected chi connectivity index (χ2v) is 8.28. The molecule has 2 amide bonds. The molecule has 1 atom stereocenters. The van der Waals surface area contributed by atoms with Crippen molar-refractivity contribution in [3.8, 4) is 5.75 Å². The first-order valence-electron chi connectivity index (χ1n) is 9.14. The highest BCUT2D eigenvalue weighted by Crippen LogP contribution is 2.26. The fourth-order valence-corrected chi connectivity index (χ4v) is 4.51. The lowest BCUT2D eigenvalue weighted by Gasteiger charge is -2.34.